The Kier molecular flexibility index (Phi) is 4.94. The fourth-order valence-corrected chi connectivity index (χ4v) is 3.36. The molecule has 1 saturated heterocycles. The minimum atomic E-state index is 0. The number of nitrogens with zero attached hydrogens (tertiary/aromatic N) is 1. The Morgan fingerprint density at radius 3 is 2.35 bits per heavy atom. The predicted octanol–water partition coefficient (Wildman–Crippen LogP) is 4.79. The van der Waals surface area contributed by atoms with Crippen molar-refractivity contribution in [1.29, 1.82) is 0 Å². The van der Waals surface area contributed by atoms with E-state index in [1.807, 2.05) is 0 Å². The van der Waals surface area contributed by atoms with Gasteiger partial charge in [0.2, 0.25) is 0 Å². The predicted molar refractivity (Wildman–Crippen MR) is 99.3 cm³/mol. The summed E-state index contributed by atoms with van der Waals surface area (Å²) in [5.74, 6) is 0.577. The molecule has 3 heteroatoms. The molecule has 1 N–H and O–H groups in total. The van der Waals surface area contributed by atoms with E-state index in [9.17, 15) is 0 Å². The smallest absolute Gasteiger partial charge is 0.0783 e. The van der Waals surface area contributed by atoms with Gasteiger partial charge in [0, 0.05) is 22.6 Å². The lowest BCUT2D eigenvalue weighted by Gasteiger charge is -2.23. The van der Waals surface area contributed by atoms with Crippen molar-refractivity contribution in [2.75, 3.05) is 13.1 Å². The highest BCUT2D eigenvalue weighted by molar-refractivity contribution is 5.94. The maximum Gasteiger partial charge on any atom is 0.0783 e. The number of hydrogen-bond acceptors (Lipinski definition) is 2. The van der Waals surface area contributed by atoms with E-state index in [2.05, 4.69) is 66.0 Å². The minimum absolute atomic E-state index is 0. The Labute approximate surface area is 143 Å². The number of rotatable bonds is 2. The number of hydrogen-bond donors (Lipinski definition) is 1. The van der Waals surface area contributed by atoms with Crippen LogP contribution in [0.15, 0.2) is 60.7 Å². The molecule has 1 fully saturated rings. The van der Waals surface area contributed by atoms with Crippen LogP contribution in [-0.4, -0.2) is 18.1 Å². The van der Waals surface area contributed by atoms with E-state index >= 15 is 0 Å². The Balaban J connectivity index is 0.00000156. The van der Waals surface area contributed by atoms with Gasteiger partial charge >= 0.3 is 0 Å². The quantitative estimate of drug-likeness (QED) is 0.733. The molecule has 2 aromatic carbocycles. The molecular weight excluding hydrogens is 304 g/mol. The van der Waals surface area contributed by atoms with Gasteiger partial charge in [-0.25, -0.2) is 0 Å². The van der Waals surface area contributed by atoms with E-state index in [4.69, 9.17) is 4.98 Å². The average molecular weight is 325 g/mol. The monoisotopic (exact) mass is 324 g/mol. The SMILES string of the molecule is Cl.c1ccc(-c2nc(C3CCNCC3)cc3ccccc23)cc1. The highest BCUT2D eigenvalue weighted by Gasteiger charge is 2.18. The second kappa shape index (κ2) is 7.12. The van der Waals surface area contributed by atoms with E-state index in [0.717, 1.165) is 18.8 Å². The van der Waals surface area contributed by atoms with Gasteiger partial charge in [-0.3, -0.25) is 4.98 Å². The molecule has 0 amide bonds. The summed E-state index contributed by atoms with van der Waals surface area (Å²) in [7, 11) is 0. The maximum absolute atomic E-state index is 5.07. The van der Waals surface area contributed by atoms with Crippen molar-refractivity contribution in [3.8, 4) is 11.3 Å². The van der Waals surface area contributed by atoms with E-state index in [1.165, 1.54) is 34.9 Å². The summed E-state index contributed by atoms with van der Waals surface area (Å²) in [6.07, 6.45) is 2.36. The van der Waals surface area contributed by atoms with Crippen LogP contribution < -0.4 is 5.32 Å². The number of fused-ring (bicyclic) bond motifs is 1. The summed E-state index contributed by atoms with van der Waals surface area (Å²) in [6, 6.07) is 21.4. The first-order valence-electron chi connectivity index (χ1n) is 8.07. The van der Waals surface area contributed by atoms with Crippen LogP contribution in [-0.2, 0) is 0 Å². The Morgan fingerprint density at radius 1 is 0.870 bits per heavy atom. The molecule has 0 unspecified atom stereocenters. The number of benzene rings is 2. The summed E-state index contributed by atoms with van der Waals surface area (Å²) in [5.41, 5.74) is 3.57. The third-order valence-corrected chi connectivity index (χ3v) is 4.56. The Morgan fingerprint density at radius 2 is 1.57 bits per heavy atom. The van der Waals surface area contributed by atoms with Gasteiger partial charge in [0.25, 0.3) is 0 Å². The Bertz CT molecular complexity index is 780. The lowest BCUT2D eigenvalue weighted by Crippen LogP contribution is -2.27. The molecule has 1 aromatic heterocycles. The molecule has 23 heavy (non-hydrogen) atoms. The first-order valence-corrected chi connectivity index (χ1v) is 8.07. The number of piperidine rings is 1. The van der Waals surface area contributed by atoms with Gasteiger partial charge in [-0.2, -0.15) is 0 Å². The van der Waals surface area contributed by atoms with Crippen LogP contribution in [0.25, 0.3) is 22.0 Å². The van der Waals surface area contributed by atoms with Crippen LogP contribution in [0.5, 0.6) is 0 Å². The number of halogens is 1. The molecule has 0 atom stereocenters. The van der Waals surface area contributed by atoms with Crippen LogP contribution in [0.1, 0.15) is 24.5 Å². The van der Waals surface area contributed by atoms with Gasteiger partial charge < -0.3 is 5.32 Å². The molecule has 4 rings (SSSR count). The highest BCUT2D eigenvalue weighted by Crippen LogP contribution is 2.32. The topological polar surface area (TPSA) is 24.9 Å². The fourth-order valence-electron chi connectivity index (χ4n) is 3.36. The fraction of sp³-hybridized carbons (Fsp3) is 0.250. The average Bonchev–Trinajstić information content (AvgIpc) is 2.62. The number of nitrogens with one attached hydrogen (secondary N) is 1. The summed E-state index contributed by atoms with van der Waals surface area (Å²) in [4.78, 5) is 5.07. The number of pyridine rings is 1. The van der Waals surface area contributed by atoms with Gasteiger partial charge in [-0.1, -0.05) is 54.6 Å². The van der Waals surface area contributed by atoms with Gasteiger partial charge in [0.05, 0.1) is 5.69 Å². The van der Waals surface area contributed by atoms with Crippen molar-refractivity contribution in [3.63, 3.8) is 0 Å². The van der Waals surface area contributed by atoms with E-state index in [-0.39, 0.29) is 12.4 Å². The number of aromatic nitrogens is 1. The van der Waals surface area contributed by atoms with E-state index < -0.39 is 0 Å². The standard InChI is InChI=1S/C20H20N2.ClH/c1-2-6-16(7-3-1)20-18-9-5-4-8-17(18)14-19(22-20)15-10-12-21-13-11-15;/h1-9,14-15,21H,10-13H2;1H. The first-order chi connectivity index (χ1) is 10.9. The van der Waals surface area contributed by atoms with Crippen LogP contribution in [0.4, 0.5) is 0 Å². The van der Waals surface area contributed by atoms with Gasteiger partial charge in [-0.05, 0) is 37.4 Å². The van der Waals surface area contributed by atoms with Crippen LogP contribution in [0.2, 0.25) is 0 Å². The lowest BCUT2D eigenvalue weighted by atomic mass is 9.92. The van der Waals surface area contributed by atoms with Crippen LogP contribution in [0.3, 0.4) is 0 Å². The summed E-state index contributed by atoms with van der Waals surface area (Å²) in [5, 5.41) is 5.98. The van der Waals surface area contributed by atoms with Crippen LogP contribution in [0, 0.1) is 0 Å². The van der Waals surface area contributed by atoms with E-state index in [1.54, 1.807) is 0 Å². The second-order valence-electron chi connectivity index (χ2n) is 6.01. The molecule has 0 spiro atoms. The van der Waals surface area contributed by atoms with Crippen molar-refractivity contribution in [2.45, 2.75) is 18.8 Å². The largest absolute Gasteiger partial charge is 0.317 e. The molecule has 0 radical (unpaired) electrons. The second-order valence-corrected chi connectivity index (χ2v) is 6.01. The normalized spacial score (nSPS) is 15.3. The molecule has 118 valence electrons. The molecule has 0 bridgehead atoms. The van der Waals surface area contributed by atoms with Crippen molar-refractivity contribution in [1.82, 2.24) is 10.3 Å². The molecule has 1 aliphatic rings. The third kappa shape index (κ3) is 3.24. The van der Waals surface area contributed by atoms with E-state index in [0.29, 0.717) is 5.92 Å². The first kappa shape index (κ1) is 16.0. The zero-order valence-corrected chi connectivity index (χ0v) is 13.9. The summed E-state index contributed by atoms with van der Waals surface area (Å²) in [6.45, 7) is 2.19. The molecule has 0 aliphatic carbocycles. The third-order valence-electron chi connectivity index (χ3n) is 4.56. The lowest BCUT2D eigenvalue weighted by molar-refractivity contribution is 0.454. The molecule has 2 nitrogen and oxygen atoms in total. The van der Waals surface area contributed by atoms with Crippen molar-refractivity contribution in [3.05, 3.63) is 66.4 Å². The van der Waals surface area contributed by atoms with Gasteiger partial charge in [-0.15, -0.1) is 12.4 Å². The minimum Gasteiger partial charge on any atom is -0.317 e. The van der Waals surface area contributed by atoms with Gasteiger partial charge in [0.15, 0.2) is 0 Å². The molecule has 3 aromatic rings. The summed E-state index contributed by atoms with van der Waals surface area (Å²) < 4.78 is 0. The van der Waals surface area contributed by atoms with Gasteiger partial charge in [0.1, 0.15) is 0 Å². The zero-order valence-electron chi connectivity index (χ0n) is 13.0. The van der Waals surface area contributed by atoms with Crippen molar-refractivity contribution < 1.29 is 0 Å². The van der Waals surface area contributed by atoms with Crippen molar-refractivity contribution >= 4 is 23.2 Å². The molecular formula is C20H21ClN2. The molecule has 2 heterocycles. The molecule has 1 aliphatic heterocycles. The maximum atomic E-state index is 5.07. The molecule has 0 saturated carbocycles. The van der Waals surface area contributed by atoms with Crippen LogP contribution >= 0.6 is 12.4 Å². The Hall–Kier alpha value is -1.90. The summed E-state index contributed by atoms with van der Waals surface area (Å²) >= 11 is 0. The van der Waals surface area contributed by atoms with Crippen molar-refractivity contribution in [2.24, 2.45) is 0 Å². The highest BCUT2D eigenvalue weighted by atomic mass is 35.5. The zero-order chi connectivity index (χ0) is 14.8.